The van der Waals surface area contributed by atoms with Crippen LogP contribution in [0.2, 0.25) is 0 Å². The zero-order chi connectivity index (χ0) is 25.5. The lowest BCUT2D eigenvalue weighted by Gasteiger charge is -2.32. The van der Waals surface area contributed by atoms with Crippen molar-refractivity contribution in [2.24, 2.45) is 0 Å². The summed E-state index contributed by atoms with van der Waals surface area (Å²) in [5, 5.41) is 1.61. The lowest BCUT2D eigenvalue weighted by molar-refractivity contribution is 0.0714. The van der Waals surface area contributed by atoms with Crippen molar-refractivity contribution in [1.29, 1.82) is 0 Å². The molecule has 1 amide bonds. The first kappa shape index (κ1) is 23.1. The molecule has 5 aromatic rings. The maximum absolute atomic E-state index is 13.7. The number of para-hydroxylation sites is 1. The van der Waals surface area contributed by atoms with E-state index < -0.39 is 0 Å². The van der Waals surface area contributed by atoms with E-state index in [9.17, 15) is 9.59 Å². The first-order chi connectivity index (χ1) is 18.0. The number of likely N-dealkylation sites (tertiary alicyclic amines) is 1. The van der Waals surface area contributed by atoms with Crippen molar-refractivity contribution < 1.29 is 13.9 Å². The Hall–Kier alpha value is -4.32. The molecule has 1 N–H and O–H groups in total. The average Bonchev–Trinajstić information content (AvgIpc) is 3.38. The van der Waals surface area contributed by atoms with E-state index >= 15 is 0 Å². The third-order valence-electron chi connectivity index (χ3n) is 7.55. The number of nitrogens with zero attached hydrogens (tertiary/aromatic N) is 1. The number of hydrogen-bond donors (Lipinski definition) is 1. The molecule has 0 radical (unpaired) electrons. The van der Waals surface area contributed by atoms with E-state index in [2.05, 4.69) is 17.2 Å². The lowest BCUT2D eigenvalue weighted by Crippen LogP contribution is -2.38. The van der Waals surface area contributed by atoms with Gasteiger partial charge in [-0.15, -0.1) is 0 Å². The molecule has 0 saturated carbocycles. The van der Waals surface area contributed by atoms with E-state index in [1.165, 1.54) is 10.9 Å². The summed E-state index contributed by atoms with van der Waals surface area (Å²) >= 11 is 0. The zero-order valence-electron chi connectivity index (χ0n) is 20.9. The summed E-state index contributed by atoms with van der Waals surface area (Å²) < 4.78 is 11.7. The van der Waals surface area contributed by atoms with Gasteiger partial charge in [0.05, 0.1) is 18.1 Å². The number of ether oxygens (including phenoxy) is 1. The van der Waals surface area contributed by atoms with Crippen LogP contribution < -0.4 is 10.2 Å². The second-order valence-electron chi connectivity index (χ2n) is 9.66. The standard InChI is InChI=1S/C31H28N2O4/c1-19-28(34)23-9-6-10-24(30(23)37-29(19)21-7-4-3-5-8-21)31(35)33-15-13-20(14-16-33)26-18-32-27-12-11-22(36-2)17-25(26)27/h3-12,17-18,20,32H,13-16H2,1-2H3. The second kappa shape index (κ2) is 9.28. The molecule has 0 spiro atoms. The van der Waals surface area contributed by atoms with Crippen LogP contribution in [0.15, 0.2) is 82.1 Å². The molecule has 6 nitrogen and oxygen atoms in total. The molecule has 6 heteroatoms. The Labute approximate surface area is 214 Å². The number of amides is 1. The third-order valence-corrected chi connectivity index (χ3v) is 7.55. The minimum absolute atomic E-state index is 0.101. The number of benzene rings is 3. The molecule has 0 aliphatic carbocycles. The van der Waals surface area contributed by atoms with Crippen molar-refractivity contribution in [2.75, 3.05) is 20.2 Å². The second-order valence-corrected chi connectivity index (χ2v) is 9.66. The van der Waals surface area contributed by atoms with Gasteiger partial charge < -0.3 is 19.0 Å². The van der Waals surface area contributed by atoms with Crippen LogP contribution in [-0.4, -0.2) is 36.0 Å². The molecule has 186 valence electrons. The number of aromatic nitrogens is 1. The quantitative estimate of drug-likeness (QED) is 0.320. The molecule has 3 aromatic carbocycles. The summed E-state index contributed by atoms with van der Waals surface area (Å²) in [5.74, 6) is 1.59. The maximum Gasteiger partial charge on any atom is 0.257 e. The van der Waals surface area contributed by atoms with E-state index in [1.807, 2.05) is 47.4 Å². The molecule has 3 heterocycles. The first-order valence-corrected chi connectivity index (χ1v) is 12.6. The van der Waals surface area contributed by atoms with Crippen molar-refractivity contribution >= 4 is 27.8 Å². The van der Waals surface area contributed by atoms with Gasteiger partial charge >= 0.3 is 0 Å². The van der Waals surface area contributed by atoms with E-state index in [-0.39, 0.29) is 11.3 Å². The number of piperidine rings is 1. The van der Waals surface area contributed by atoms with E-state index in [0.29, 0.717) is 46.9 Å². The van der Waals surface area contributed by atoms with Crippen molar-refractivity contribution in [3.8, 4) is 17.1 Å². The number of carbonyl (C=O) groups is 1. The normalized spacial score (nSPS) is 14.4. The molecular formula is C31H28N2O4. The summed E-state index contributed by atoms with van der Waals surface area (Å²) in [6, 6.07) is 20.9. The number of nitrogens with one attached hydrogen (secondary N) is 1. The minimum atomic E-state index is -0.108. The summed E-state index contributed by atoms with van der Waals surface area (Å²) in [4.78, 5) is 32.1. The van der Waals surface area contributed by atoms with Gasteiger partial charge in [-0.05, 0) is 61.6 Å². The fourth-order valence-electron chi connectivity index (χ4n) is 5.49. The number of fused-ring (bicyclic) bond motifs is 2. The SMILES string of the molecule is COc1ccc2[nH]cc(C3CCN(C(=O)c4cccc5c(=O)c(C)c(-c6ccccc6)oc45)CC3)c2c1. The fraction of sp³-hybridized carbons (Fsp3) is 0.226. The molecule has 0 unspecified atom stereocenters. The van der Waals surface area contributed by atoms with Gasteiger partial charge in [0, 0.05) is 41.3 Å². The van der Waals surface area contributed by atoms with Crippen LogP contribution in [0.5, 0.6) is 5.75 Å². The van der Waals surface area contributed by atoms with E-state index in [0.717, 1.165) is 29.7 Å². The average molecular weight is 493 g/mol. The van der Waals surface area contributed by atoms with E-state index in [1.54, 1.807) is 32.2 Å². The highest BCUT2D eigenvalue weighted by molar-refractivity contribution is 6.05. The molecule has 1 aliphatic rings. The maximum atomic E-state index is 13.7. The van der Waals surface area contributed by atoms with Gasteiger partial charge in [0.2, 0.25) is 0 Å². The van der Waals surface area contributed by atoms with Crippen LogP contribution in [0.4, 0.5) is 0 Å². The molecule has 37 heavy (non-hydrogen) atoms. The molecular weight excluding hydrogens is 464 g/mol. The smallest absolute Gasteiger partial charge is 0.257 e. The van der Waals surface area contributed by atoms with Gasteiger partial charge in [-0.25, -0.2) is 0 Å². The Morgan fingerprint density at radius 3 is 2.54 bits per heavy atom. The van der Waals surface area contributed by atoms with Crippen LogP contribution in [-0.2, 0) is 0 Å². The first-order valence-electron chi connectivity index (χ1n) is 12.6. The number of rotatable bonds is 4. The Morgan fingerprint density at radius 2 is 1.78 bits per heavy atom. The van der Waals surface area contributed by atoms with Crippen LogP contribution in [0, 0.1) is 6.92 Å². The monoisotopic (exact) mass is 492 g/mol. The predicted molar refractivity (Wildman–Crippen MR) is 145 cm³/mol. The molecule has 2 aromatic heterocycles. The molecule has 1 saturated heterocycles. The molecule has 6 rings (SSSR count). The summed E-state index contributed by atoms with van der Waals surface area (Å²) in [6.07, 6.45) is 3.80. The third kappa shape index (κ3) is 3.99. The Balaban J connectivity index is 1.29. The highest BCUT2D eigenvalue weighted by atomic mass is 16.5. The Kier molecular flexibility index (Phi) is 5.80. The summed E-state index contributed by atoms with van der Waals surface area (Å²) in [5.41, 5.74) is 4.39. The zero-order valence-corrected chi connectivity index (χ0v) is 20.9. The van der Waals surface area contributed by atoms with Crippen molar-refractivity contribution in [1.82, 2.24) is 9.88 Å². The van der Waals surface area contributed by atoms with Crippen LogP contribution in [0.1, 0.15) is 40.2 Å². The van der Waals surface area contributed by atoms with Crippen molar-refractivity contribution in [3.63, 3.8) is 0 Å². The number of hydrogen-bond acceptors (Lipinski definition) is 4. The van der Waals surface area contributed by atoms with Gasteiger partial charge in [0.1, 0.15) is 11.5 Å². The summed E-state index contributed by atoms with van der Waals surface area (Å²) in [6.45, 7) is 3.05. The van der Waals surface area contributed by atoms with Crippen LogP contribution >= 0.6 is 0 Å². The number of H-pyrrole nitrogens is 1. The molecule has 1 aliphatic heterocycles. The Bertz CT molecular complexity index is 1670. The minimum Gasteiger partial charge on any atom is -0.497 e. The fourth-order valence-corrected chi connectivity index (χ4v) is 5.49. The van der Waals surface area contributed by atoms with Gasteiger partial charge in [0.25, 0.3) is 5.91 Å². The topological polar surface area (TPSA) is 75.5 Å². The van der Waals surface area contributed by atoms with E-state index in [4.69, 9.17) is 9.15 Å². The Morgan fingerprint density at radius 1 is 1.00 bits per heavy atom. The van der Waals surface area contributed by atoms with Crippen molar-refractivity contribution in [3.05, 3.63) is 99.8 Å². The molecule has 1 fully saturated rings. The van der Waals surface area contributed by atoms with Gasteiger partial charge in [-0.1, -0.05) is 36.4 Å². The van der Waals surface area contributed by atoms with Crippen molar-refractivity contribution in [2.45, 2.75) is 25.7 Å². The van der Waals surface area contributed by atoms with Gasteiger partial charge in [0.15, 0.2) is 11.0 Å². The largest absolute Gasteiger partial charge is 0.497 e. The highest BCUT2D eigenvalue weighted by Crippen LogP contribution is 2.35. The summed E-state index contributed by atoms with van der Waals surface area (Å²) in [7, 11) is 1.68. The van der Waals surface area contributed by atoms with Crippen LogP contribution in [0.25, 0.3) is 33.2 Å². The van der Waals surface area contributed by atoms with Gasteiger partial charge in [-0.2, -0.15) is 0 Å². The predicted octanol–water partition coefficient (Wildman–Crippen LogP) is 6.28. The lowest BCUT2D eigenvalue weighted by atomic mass is 9.89. The highest BCUT2D eigenvalue weighted by Gasteiger charge is 2.28. The van der Waals surface area contributed by atoms with Crippen LogP contribution in [0.3, 0.4) is 0 Å². The molecule has 0 bridgehead atoms. The number of methoxy groups -OCH3 is 1. The molecule has 0 atom stereocenters. The van der Waals surface area contributed by atoms with Gasteiger partial charge in [-0.3, -0.25) is 9.59 Å². The number of carbonyl (C=O) groups excluding carboxylic acids is 1. The number of aromatic amines is 1.